The second-order valence-electron chi connectivity index (χ2n) is 3.46. The van der Waals surface area contributed by atoms with E-state index in [4.69, 9.17) is 0 Å². The molecule has 4 heteroatoms. The number of rotatable bonds is 1. The molecular formula is C12H9N3O. The molecule has 0 aliphatic carbocycles. The fraction of sp³-hybridized carbons (Fsp3) is 0. The van der Waals surface area contributed by atoms with Crippen LogP contribution in [0.4, 0.5) is 0 Å². The minimum absolute atomic E-state index is 0.0781. The fourth-order valence-electron chi connectivity index (χ4n) is 1.71. The predicted molar refractivity (Wildman–Crippen MR) is 61.2 cm³/mol. The molecule has 0 aliphatic rings. The summed E-state index contributed by atoms with van der Waals surface area (Å²) in [6.07, 6.45) is 3.36. The summed E-state index contributed by atoms with van der Waals surface area (Å²) in [5.74, 6) is 0. The SMILES string of the molecule is O=c1ccccn1-n1cnc2ccccc21. The molecular weight excluding hydrogens is 202 g/mol. The van der Waals surface area contributed by atoms with Crippen molar-refractivity contribution in [1.29, 1.82) is 0 Å². The molecule has 4 nitrogen and oxygen atoms in total. The van der Waals surface area contributed by atoms with Crippen molar-refractivity contribution in [2.24, 2.45) is 0 Å². The topological polar surface area (TPSA) is 39.8 Å². The van der Waals surface area contributed by atoms with Crippen molar-refractivity contribution in [1.82, 2.24) is 14.3 Å². The highest BCUT2D eigenvalue weighted by Crippen LogP contribution is 2.10. The number of pyridine rings is 1. The van der Waals surface area contributed by atoms with Crippen molar-refractivity contribution in [3.8, 4) is 0 Å². The van der Waals surface area contributed by atoms with E-state index in [0.29, 0.717) is 0 Å². The lowest BCUT2D eigenvalue weighted by atomic mass is 10.3. The summed E-state index contributed by atoms with van der Waals surface area (Å²) < 4.78 is 3.26. The van der Waals surface area contributed by atoms with Crippen molar-refractivity contribution >= 4 is 11.0 Å². The van der Waals surface area contributed by atoms with Crippen LogP contribution in [0, 0.1) is 0 Å². The molecule has 0 saturated heterocycles. The van der Waals surface area contributed by atoms with Crippen LogP contribution < -0.4 is 5.56 Å². The molecule has 0 atom stereocenters. The number of hydrogen-bond donors (Lipinski definition) is 0. The van der Waals surface area contributed by atoms with Crippen molar-refractivity contribution in [2.45, 2.75) is 0 Å². The van der Waals surface area contributed by atoms with E-state index in [1.807, 2.05) is 30.3 Å². The highest BCUT2D eigenvalue weighted by Gasteiger charge is 2.03. The Labute approximate surface area is 91.4 Å². The van der Waals surface area contributed by atoms with E-state index in [1.165, 1.54) is 10.7 Å². The van der Waals surface area contributed by atoms with Gasteiger partial charge in [0.25, 0.3) is 5.56 Å². The van der Waals surface area contributed by atoms with Gasteiger partial charge in [0.15, 0.2) is 0 Å². The smallest absolute Gasteiger partial charge is 0.267 e. The van der Waals surface area contributed by atoms with Gasteiger partial charge < -0.3 is 0 Å². The molecule has 0 fully saturated rings. The maximum absolute atomic E-state index is 11.7. The number of para-hydroxylation sites is 2. The van der Waals surface area contributed by atoms with Gasteiger partial charge in [-0.15, -0.1) is 0 Å². The van der Waals surface area contributed by atoms with Crippen LogP contribution in [0.3, 0.4) is 0 Å². The minimum Gasteiger partial charge on any atom is -0.267 e. The predicted octanol–water partition coefficient (Wildman–Crippen LogP) is 1.51. The quantitative estimate of drug-likeness (QED) is 0.612. The van der Waals surface area contributed by atoms with Gasteiger partial charge in [-0.2, -0.15) is 0 Å². The second-order valence-corrected chi connectivity index (χ2v) is 3.46. The Balaban J connectivity index is 2.35. The average Bonchev–Trinajstić information content (AvgIpc) is 2.74. The van der Waals surface area contributed by atoms with Crippen LogP contribution in [-0.2, 0) is 0 Å². The summed E-state index contributed by atoms with van der Waals surface area (Å²) in [7, 11) is 0. The first-order chi connectivity index (χ1) is 7.86. The maximum Gasteiger partial charge on any atom is 0.269 e. The first-order valence-electron chi connectivity index (χ1n) is 4.97. The normalized spacial score (nSPS) is 10.8. The monoisotopic (exact) mass is 211 g/mol. The molecule has 78 valence electrons. The average molecular weight is 211 g/mol. The molecule has 0 radical (unpaired) electrons. The number of aromatic nitrogens is 3. The summed E-state index contributed by atoms with van der Waals surface area (Å²) in [5.41, 5.74) is 1.71. The van der Waals surface area contributed by atoms with Gasteiger partial charge in [0.1, 0.15) is 6.33 Å². The highest BCUT2D eigenvalue weighted by atomic mass is 16.1. The number of nitrogens with zero attached hydrogens (tertiary/aromatic N) is 3. The molecule has 0 spiro atoms. The Hall–Kier alpha value is -2.36. The zero-order chi connectivity index (χ0) is 11.0. The van der Waals surface area contributed by atoms with Crippen LogP contribution in [0.2, 0.25) is 0 Å². The van der Waals surface area contributed by atoms with Crippen LogP contribution in [0.1, 0.15) is 0 Å². The Kier molecular flexibility index (Phi) is 1.86. The molecule has 16 heavy (non-hydrogen) atoms. The van der Waals surface area contributed by atoms with E-state index >= 15 is 0 Å². The lowest BCUT2D eigenvalue weighted by molar-refractivity contribution is 0.650. The molecule has 3 aromatic rings. The van der Waals surface area contributed by atoms with Gasteiger partial charge in [0.05, 0.1) is 11.0 Å². The number of hydrogen-bond acceptors (Lipinski definition) is 2. The molecule has 0 unspecified atom stereocenters. The molecule has 2 heterocycles. The van der Waals surface area contributed by atoms with Crippen LogP contribution in [0.25, 0.3) is 11.0 Å². The zero-order valence-electron chi connectivity index (χ0n) is 8.45. The van der Waals surface area contributed by atoms with E-state index in [2.05, 4.69) is 4.98 Å². The Morgan fingerprint density at radius 2 is 1.75 bits per heavy atom. The third kappa shape index (κ3) is 1.24. The largest absolute Gasteiger partial charge is 0.269 e. The Bertz CT molecular complexity index is 696. The van der Waals surface area contributed by atoms with Gasteiger partial charge >= 0.3 is 0 Å². The highest BCUT2D eigenvalue weighted by molar-refractivity contribution is 5.74. The van der Waals surface area contributed by atoms with E-state index in [9.17, 15) is 4.79 Å². The first-order valence-corrected chi connectivity index (χ1v) is 4.97. The van der Waals surface area contributed by atoms with Gasteiger partial charge in [0, 0.05) is 12.3 Å². The van der Waals surface area contributed by atoms with E-state index in [-0.39, 0.29) is 5.56 Å². The van der Waals surface area contributed by atoms with Crippen LogP contribution in [0.5, 0.6) is 0 Å². The lowest BCUT2D eigenvalue weighted by Gasteiger charge is -2.06. The van der Waals surface area contributed by atoms with Crippen LogP contribution in [-0.4, -0.2) is 14.3 Å². The molecule has 1 aromatic carbocycles. The maximum atomic E-state index is 11.7. The number of benzene rings is 1. The Morgan fingerprint density at radius 1 is 0.938 bits per heavy atom. The molecule has 0 amide bonds. The number of imidazole rings is 1. The zero-order valence-corrected chi connectivity index (χ0v) is 8.45. The van der Waals surface area contributed by atoms with E-state index in [1.54, 1.807) is 23.3 Å². The van der Waals surface area contributed by atoms with Crippen molar-refractivity contribution in [3.05, 3.63) is 65.3 Å². The summed E-state index contributed by atoms with van der Waals surface area (Å²) >= 11 is 0. The minimum atomic E-state index is -0.0781. The standard InChI is InChI=1S/C12H9N3O/c16-12-7-3-4-8-14(12)15-9-13-10-5-1-2-6-11(10)15/h1-9H. The first kappa shape index (κ1) is 8.91. The summed E-state index contributed by atoms with van der Waals surface area (Å²) in [4.78, 5) is 15.9. The third-order valence-electron chi connectivity index (χ3n) is 2.47. The third-order valence-corrected chi connectivity index (χ3v) is 2.47. The van der Waals surface area contributed by atoms with E-state index in [0.717, 1.165) is 11.0 Å². The summed E-state index contributed by atoms with van der Waals surface area (Å²) in [6.45, 7) is 0. The summed E-state index contributed by atoms with van der Waals surface area (Å²) in [5, 5.41) is 0. The van der Waals surface area contributed by atoms with Gasteiger partial charge in [0.2, 0.25) is 0 Å². The number of fused-ring (bicyclic) bond motifs is 1. The molecule has 0 N–H and O–H groups in total. The molecule has 0 bridgehead atoms. The van der Waals surface area contributed by atoms with Gasteiger partial charge in [-0.05, 0) is 18.2 Å². The molecule has 2 aromatic heterocycles. The molecule has 0 saturated carbocycles. The van der Waals surface area contributed by atoms with E-state index < -0.39 is 0 Å². The van der Waals surface area contributed by atoms with Crippen LogP contribution >= 0.6 is 0 Å². The van der Waals surface area contributed by atoms with Gasteiger partial charge in [-0.25, -0.2) is 14.3 Å². The van der Waals surface area contributed by atoms with Crippen LogP contribution in [0.15, 0.2) is 59.8 Å². The van der Waals surface area contributed by atoms with Crippen molar-refractivity contribution in [2.75, 3.05) is 0 Å². The van der Waals surface area contributed by atoms with Gasteiger partial charge in [-0.3, -0.25) is 4.79 Å². The molecule has 0 aliphatic heterocycles. The van der Waals surface area contributed by atoms with Crippen molar-refractivity contribution < 1.29 is 0 Å². The van der Waals surface area contributed by atoms with Crippen molar-refractivity contribution in [3.63, 3.8) is 0 Å². The second kappa shape index (κ2) is 3.34. The van der Waals surface area contributed by atoms with Gasteiger partial charge in [-0.1, -0.05) is 18.2 Å². The summed E-state index contributed by atoms with van der Waals surface area (Å²) in [6, 6.07) is 12.8. The lowest BCUT2D eigenvalue weighted by Crippen LogP contribution is -2.23. The molecule has 3 rings (SSSR count). The Morgan fingerprint density at radius 3 is 2.62 bits per heavy atom. The fourth-order valence-corrected chi connectivity index (χ4v) is 1.71.